The molecule has 0 radical (unpaired) electrons. The van der Waals surface area contributed by atoms with Crippen LogP contribution in [0.4, 0.5) is 11.5 Å². The first kappa shape index (κ1) is 24.5. The van der Waals surface area contributed by atoms with Crippen molar-refractivity contribution in [1.82, 2.24) is 9.97 Å². The maximum atomic E-state index is 12.7. The standard InChI is InChI=1S/C24H24Cl2N4O3/c1-29(2)23-19(14-21(31)33-4)22(26)27-20(28-23)13-15-5-11-18(12-6-15)30(3)24(32)16-7-9-17(25)10-8-16/h5-12H,13-14H2,1-4H3. The first-order valence-electron chi connectivity index (χ1n) is 10.1. The molecule has 33 heavy (non-hydrogen) atoms. The minimum atomic E-state index is -0.413. The number of ether oxygens (including phenoxy) is 1. The molecule has 0 atom stereocenters. The Morgan fingerprint density at radius 3 is 2.15 bits per heavy atom. The van der Waals surface area contributed by atoms with Crippen molar-refractivity contribution in [3.05, 3.63) is 81.2 Å². The van der Waals surface area contributed by atoms with E-state index < -0.39 is 5.97 Å². The van der Waals surface area contributed by atoms with Crippen LogP contribution in [-0.4, -0.2) is 50.1 Å². The monoisotopic (exact) mass is 486 g/mol. The molecular weight excluding hydrogens is 463 g/mol. The third kappa shape index (κ3) is 6.00. The number of hydrogen-bond donors (Lipinski definition) is 0. The van der Waals surface area contributed by atoms with Gasteiger partial charge in [-0.1, -0.05) is 35.3 Å². The molecule has 0 saturated carbocycles. The maximum absolute atomic E-state index is 12.7. The molecule has 0 saturated heterocycles. The van der Waals surface area contributed by atoms with Crippen LogP contribution < -0.4 is 9.80 Å². The molecule has 172 valence electrons. The van der Waals surface area contributed by atoms with Gasteiger partial charge in [0.1, 0.15) is 16.8 Å². The zero-order valence-electron chi connectivity index (χ0n) is 18.8. The summed E-state index contributed by atoms with van der Waals surface area (Å²) in [5.74, 6) is 0.548. The number of halogens is 2. The molecule has 1 aromatic heterocycles. The lowest BCUT2D eigenvalue weighted by molar-refractivity contribution is -0.139. The van der Waals surface area contributed by atoms with Crippen molar-refractivity contribution in [2.24, 2.45) is 0 Å². The predicted octanol–water partition coefficient (Wildman–Crippen LogP) is 4.43. The van der Waals surface area contributed by atoms with Gasteiger partial charge in [-0.05, 0) is 42.0 Å². The van der Waals surface area contributed by atoms with Crippen LogP contribution in [0.3, 0.4) is 0 Å². The number of aromatic nitrogens is 2. The van der Waals surface area contributed by atoms with Crippen molar-refractivity contribution in [3.8, 4) is 0 Å². The van der Waals surface area contributed by atoms with Crippen LogP contribution in [0, 0.1) is 0 Å². The number of carbonyl (C=O) groups excluding carboxylic acids is 2. The van der Waals surface area contributed by atoms with Gasteiger partial charge in [0.2, 0.25) is 0 Å². The lowest BCUT2D eigenvalue weighted by atomic mass is 10.1. The molecular formula is C24H24Cl2N4O3. The predicted molar refractivity (Wildman–Crippen MR) is 131 cm³/mol. The van der Waals surface area contributed by atoms with E-state index in [0.29, 0.717) is 34.2 Å². The molecule has 0 aliphatic carbocycles. The van der Waals surface area contributed by atoms with E-state index in [1.807, 2.05) is 38.4 Å². The molecule has 1 amide bonds. The molecule has 0 fully saturated rings. The number of hydrogen-bond acceptors (Lipinski definition) is 6. The lowest BCUT2D eigenvalue weighted by Crippen LogP contribution is -2.26. The van der Waals surface area contributed by atoms with Gasteiger partial charge >= 0.3 is 5.97 Å². The minimum absolute atomic E-state index is 0.00813. The van der Waals surface area contributed by atoms with Crippen LogP contribution in [0.25, 0.3) is 0 Å². The average molecular weight is 487 g/mol. The summed E-state index contributed by atoms with van der Waals surface area (Å²) in [4.78, 5) is 36.8. The second-order valence-electron chi connectivity index (χ2n) is 7.59. The Labute approximate surface area is 202 Å². The number of rotatable bonds is 7. The normalized spacial score (nSPS) is 10.6. The van der Waals surface area contributed by atoms with Crippen molar-refractivity contribution in [1.29, 1.82) is 0 Å². The largest absolute Gasteiger partial charge is 0.469 e. The number of carbonyl (C=O) groups is 2. The second-order valence-corrected chi connectivity index (χ2v) is 8.39. The van der Waals surface area contributed by atoms with Gasteiger partial charge in [0.15, 0.2) is 0 Å². The molecule has 0 aliphatic heterocycles. The van der Waals surface area contributed by atoms with Crippen LogP contribution in [-0.2, 0) is 22.4 Å². The van der Waals surface area contributed by atoms with Gasteiger partial charge in [-0.25, -0.2) is 9.97 Å². The van der Waals surface area contributed by atoms with Crippen molar-refractivity contribution < 1.29 is 14.3 Å². The first-order chi connectivity index (χ1) is 15.7. The third-order valence-corrected chi connectivity index (χ3v) is 5.60. The Kier molecular flexibility index (Phi) is 7.89. The van der Waals surface area contributed by atoms with Crippen LogP contribution >= 0.6 is 23.2 Å². The van der Waals surface area contributed by atoms with Gasteiger partial charge in [-0.15, -0.1) is 0 Å². The molecule has 3 rings (SSSR count). The van der Waals surface area contributed by atoms with E-state index in [4.69, 9.17) is 27.9 Å². The Morgan fingerprint density at radius 2 is 1.58 bits per heavy atom. The summed E-state index contributed by atoms with van der Waals surface area (Å²) in [6.45, 7) is 0. The van der Waals surface area contributed by atoms with E-state index >= 15 is 0 Å². The SMILES string of the molecule is COC(=O)Cc1c(Cl)nc(Cc2ccc(N(C)C(=O)c3ccc(Cl)cc3)cc2)nc1N(C)C. The summed E-state index contributed by atoms with van der Waals surface area (Å²) in [6, 6.07) is 14.3. The van der Waals surface area contributed by atoms with Gasteiger partial charge in [0.05, 0.1) is 13.5 Å². The number of esters is 1. The quantitative estimate of drug-likeness (QED) is 0.363. The number of benzene rings is 2. The second kappa shape index (κ2) is 10.6. The Hall–Kier alpha value is -3.16. The topological polar surface area (TPSA) is 75.6 Å². The highest BCUT2D eigenvalue weighted by Crippen LogP contribution is 2.26. The molecule has 0 unspecified atom stereocenters. The molecule has 0 aliphatic rings. The van der Waals surface area contributed by atoms with Crippen molar-refractivity contribution in [2.45, 2.75) is 12.8 Å². The lowest BCUT2D eigenvalue weighted by Gasteiger charge is -2.19. The van der Waals surface area contributed by atoms with Crippen LogP contribution in [0.2, 0.25) is 10.2 Å². The summed E-state index contributed by atoms with van der Waals surface area (Å²) in [6.07, 6.45) is 0.431. The highest BCUT2D eigenvalue weighted by molar-refractivity contribution is 6.31. The molecule has 0 N–H and O–H groups in total. The van der Waals surface area contributed by atoms with E-state index in [1.54, 1.807) is 41.1 Å². The number of methoxy groups -OCH3 is 1. The van der Waals surface area contributed by atoms with E-state index in [0.717, 1.165) is 11.3 Å². The summed E-state index contributed by atoms with van der Waals surface area (Å²) < 4.78 is 4.74. The van der Waals surface area contributed by atoms with Crippen LogP contribution in [0.15, 0.2) is 48.5 Å². The van der Waals surface area contributed by atoms with Crippen LogP contribution in [0.1, 0.15) is 27.3 Å². The summed E-state index contributed by atoms with van der Waals surface area (Å²) in [7, 11) is 6.69. The molecule has 0 spiro atoms. The average Bonchev–Trinajstić information content (AvgIpc) is 2.80. The van der Waals surface area contributed by atoms with Gasteiger partial charge in [0.25, 0.3) is 5.91 Å². The van der Waals surface area contributed by atoms with Gasteiger partial charge in [-0.3, -0.25) is 9.59 Å². The molecule has 2 aromatic carbocycles. The summed E-state index contributed by atoms with van der Waals surface area (Å²) >= 11 is 12.3. The molecule has 9 heteroatoms. The van der Waals surface area contributed by atoms with Crippen molar-refractivity contribution in [2.75, 3.05) is 38.1 Å². The summed E-state index contributed by atoms with van der Waals surface area (Å²) in [5.41, 5.74) is 2.78. The Bertz CT molecular complexity index is 1150. The third-order valence-electron chi connectivity index (χ3n) is 5.04. The molecule has 0 bridgehead atoms. The van der Waals surface area contributed by atoms with Gasteiger partial charge in [-0.2, -0.15) is 0 Å². The number of amides is 1. The highest BCUT2D eigenvalue weighted by Gasteiger charge is 2.19. The fourth-order valence-electron chi connectivity index (χ4n) is 3.23. The van der Waals surface area contributed by atoms with Crippen LogP contribution in [0.5, 0.6) is 0 Å². The van der Waals surface area contributed by atoms with E-state index in [9.17, 15) is 9.59 Å². The van der Waals surface area contributed by atoms with Crippen molar-refractivity contribution >= 4 is 46.6 Å². The van der Waals surface area contributed by atoms with Crippen molar-refractivity contribution in [3.63, 3.8) is 0 Å². The maximum Gasteiger partial charge on any atom is 0.310 e. The smallest absolute Gasteiger partial charge is 0.310 e. The summed E-state index contributed by atoms with van der Waals surface area (Å²) in [5, 5.41) is 0.802. The van der Waals surface area contributed by atoms with Gasteiger partial charge in [0, 0.05) is 49.4 Å². The fraction of sp³-hybridized carbons (Fsp3) is 0.250. The van der Waals surface area contributed by atoms with Gasteiger partial charge < -0.3 is 14.5 Å². The zero-order valence-corrected chi connectivity index (χ0v) is 20.3. The number of nitrogens with zero attached hydrogens (tertiary/aromatic N) is 4. The minimum Gasteiger partial charge on any atom is -0.469 e. The Balaban J connectivity index is 1.78. The Morgan fingerprint density at radius 1 is 0.939 bits per heavy atom. The highest BCUT2D eigenvalue weighted by atomic mass is 35.5. The van der Waals surface area contributed by atoms with E-state index in [1.165, 1.54) is 7.11 Å². The molecule has 7 nitrogen and oxygen atoms in total. The fourth-order valence-corrected chi connectivity index (χ4v) is 3.60. The molecule has 3 aromatic rings. The first-order valence-corrected chi connectivity index (χ1v) is 10.9. The van der Waals surface area contributed by atoms with E-state index in [-0.39, 0.29) is 17.5 Å². The molecule has 1 heterocycles. The van der Waals surface area contributed by atoms with E-state index in [2.05, 4.69) is 9.97 Å². The number of anilines is 2. The zero-order chi connectivity index (χ0) is 24.1.